The van der Waals surface area contributed by atoms with Crippen molar-refractivity contribution in [3.8, 4) is 17.0 Å². The molecule has 28 heavy (non-hydrogen) atoms. The molecule has 1 aliphatic rings. The molecule has 0 aliphatic carbocycles. The number of aryl methyl sites for hydroxylation is 2. The number of hydrogen-bond acceptors (Lipinski definition) is 6. The van der Waals surface area contributed by atoms with E-state index in [0.29, 0.717) is 23.0 Å². The summed E-state index contributed by atoms with van der Waals surface area (Å²) >= 11 is 0. The van der Waals surface area contributed by atoms with E-state index in [1.807, 2.05) is 0 Å². The molecule has 1 aliphatic heterocycles. The highest BCUT2D eigenvalue weighted by molar-refractivity contribution is 7.92. The number of carbonyl (C=O) groups is 1. The van der Waals surface area contributed by atoms with E-state index in [0.717, 1.165) is 5.56 Å². The van der Waals surface area contributed by atoms with E-state index in [1.165, 1.54) is 12.1 Å². The summed E-state index contributed by atoms with van der Waals surface area (Å²) in [4.78, 5) is 15.8. The third-order valence-corrected chi connectivity index (χ3v) is 5.60. The first kappa shape index (κ1) is 18.1. The number of hydrogen-bond donors (Lipinski definition) is 2. The zero-order chi connectivity index (χ0) is 19.9. The van der Waals surface area contributed by atoms with Crippen LogP contribution in [-0.4, -0.2) is 25.9 Å². The third kappa shape index (κ3) is 3.31. The summed E-state index contributed by atoms with van der Waals surface area (Å²) < 4.78 is 38.9. The zero-order valence-electron chi connectivity index (χ0n) is 15.1. The summed E-state index contributed by atoms with van der Waals surface area (Å²) in [5.74, 6) is 1.21. The number of nitrogens with zero attached hydrogens (tertiary/aromatic N) is 1. The lowest BCUT2D eigenvalue weighted by molar-refractivity contribution is -0.118. The monoisotopic (exact) mass is 399 g/mol. The summed E-state index contributed by atoms with van der Waals surface area (Å²) in [6, 6.07) is 11.2. The molecule has 1 aromatic heterocycles. The number of amides is 1. The summed E-state index contributed by atoms with van der Waals surface area (Å²) in [6.07, 6.45) is 0. The minimum atomic E-state index is -3.85. The first-order valence-electron chi connectivity index (χ1n) is 8.46. The van der Waals surface area contributed by atoms with Crippen LogP contribution in [0.15, 0.2) is 51.8 Å². The van der Waals surface area contributed by atoms with Gasteiger partial charge in [0.05, 0.1) is 16.3 Å². The van der Waals surface area contributed by atoms with E-state index >= 15 is 0 Å². The maximum absolute atomic E-state index is 12.8. The second kappa shape index (κ2) is 6.68. The first-order valence-corrected chi connectivity index (χ1v) is 9.95. The quantitative estimate of drug-likeness (QED) is 0.697. The van der Waals surface area contributed by atoms with Crippen LogP contribution in [0.2, 0.25) is 0 Å². The van der Waals surface area contributed by atoms with E-state index in [-0.39, 0.29) is 28.8 Å². The van der Waals surface area contributed by atoms with Gasteiger partial charge in [-0.3, -0.25) is 9.52 Å². The lowest BCUT2D eigenvalue weighted by Gasteiger charge is -2.21. The number of carbonyl (C=O) groups excluding carboxylic acids is 1. The Hall–Kier alpha value is -3.33. The Balaban J connectivity index is 1.62. The Morgan fingerprint density at radius 2 is 1.86 bits per heavy atom. The van der Waals surface area contributed by atoms with Crippen molar-refractivity contribution < 1.29 is 22.4 Å². The van der Waals surface area contributed by atoms with Crippen LogP contribution >= 0.6 is 0 Å². The van der Waals surface area contributed by atoms with E-state index < -0.39 is 10.0 Å². The number of nitrogens with one attached hydrogen (secondary N) is 2. The lowest BCUT2D eigenvalue weighted by atomic mass is 10.1. The molecule has 0 atom stereocenters. The first-order chi connectivity index (χ1) is 13.3. The Morgan fingerprint density at radius 1 is 1.11 bits per heavy atom. The molecule has 0 saturated heterocycles. The van der Waals surface area contributed by atoms with Crippen molar-refractivity contribution in [1.29, 1.82) is 0 Å². The molecule has 0 bridgehead atoms. The molecule has 2 N–H and O–H groups in total. The van der Waals surface area contributed by atoms with Gasteiger partial charge in [-0.05, 0) is 31.2 Å². The summed E-state index contributed by atoms with van der Waals surface area (Å²) in [5, 5.41) is 2.64. The topological polar surface area (TPSA) is 111 Å². The second-order valence-corrected chi connectivity index (χ2v) is 7.97. The minimum Gasteiger partial charge on any atom is -0.479 e. The second-order valence-electron chi connectivity index (χ2n) is 6.29. The average Bonchev–Trinajstić information content (AvgIpc) is 2.99. The molecule has 3 aromatic rings. The molecule has 8 nitrogen and oxygen atoms in total. The largest absolute Gasteiger partial charge is 0.479 e. The SMILES string of the molecule is Cc1nc(-c2ccc(S(=O)(=O)Nc3cccc4c3OCC(=O)N4)cc2)c(C)o1. The van der Waals surface area contributed by atoms with Crippen molar-refractivity contribution in [2.45, 2.75) is 18.7 Å². The molecule has 144 valence electrons. The van der Waals surface area contributed by atoms with Crippen LogP contribution in [0.1, 0.15) is 11.7 Å². The summed E-state index contributed by atoms with van der Waals surface area (Å²) in [7, 11) is -3.85. The molecule has 0 unspecified atom stereocenters. The predicted molar refractivity (Wildman–Crippen MR) is 103 cm³/mol. The van der Waals surface area contributed by atoms with Crippen LogP contribution in [0.5, 0.6) is 5.75 Å². The molecule has 0 fully saturated rings. The molecule has 2 aromatic carbocycles. The van der Waals surface area contributed by atoms with Crippen LogP contribution in [0.4, 0.5) is 11.4 Å². The van der Waals surface area contributed by atoms with Gasteiger partial charge in [0.25, 0.3) is 15.9 Å². The Labute approximate surface area is 161 Å². The molecule has 0 radical (unpaired) electrons. The molecule has 0 saturated carbocycles. The number of sulfonamides is 1. The fourth-order valence-corrected chi connectivity index (χ4v) is 4.05. The van der Waals surface area contributed by atoms with Crippen LogP contribution in [0.25, 0.3) is 11.3 Å². The van der Waals surface area contributed by atoms with Gasteiger partial charge in [-0.2, -0.15) is 0 Å². The van der Waals surface area contributed by atoms with Gasteiger partial charge in [-0.25, -0.2) is 13.4 Å². The predicted octanol–water partition coefficient (Wildman–Crippen LogP) is 3.09. The van der Waals surface area contributed by atoms with Gasteiger partial charge < -0.3 is 14.5 Å². The number of fused-ring (bicyclic) bond motifs is 1. The lowest BCUT2D eigenvalue weighted by Crippen LogP contribution is -2.26. The normalized spacial score (nSPS) is 13.4. The Morgan fingerprint density at radius 3 is 2.54 bits per heavy atom. The van der Waals surface area contributed by atoms with Crippen LogP contribution in [0, 0.1) is 13.8 Å². The summed E-state index contributed by atoms with van der Waals surface area (Å²) in [5.41, 5.74) is 2.11. The molecule has 0 spiro atoms. The van der Waals surface area contributed by atoms with Crippen molar-refractivity contribution in [2.24, 2.45) is 0 Å². The van der Waals surface area contributed by atoms with Crippen molar-refractivity contribution >= 4 is 27.3 Å². The minimum absolute atomic E-state index is 0.0894. The molecule has 1 amide bonds. The zero-order valence-corrected chi connectivity index (χ0v) is 16.0. The van der Waals surface area contributed by atoms with Gasteiger partial charge in [0.1, 0.15) is 11.5 Å². The average molecular weight is 399 g/mol. The Bertz CT molecular complexity index is 1170. The molecule has 9 heteroatoms. The fraction of sp³-hybridized carbons (Fsp3) is 0.158. The van der Waals surface area contributed by atoms with E-state index in [1.54, 1.807) is 44.2 Å². The molecule has 4 rings (SSSR count). The Kier molecular flexibility index (Phi) is 4.31. The highest BCUT2D eigenvalue weighted by Gasteiger charge is 2.23. The van der Waals surface area contributed by atoms with Crippen LogP contribution in [0.3, 0.4) is 0 Å². The number of anilines is 2. The van der Waals surface area contributed by atoms with E-state index in [2.05, 4.69) is 15.0 Å². The third-order valence-electron chi connectivity index (χ3n) is 4.22. The number of benzene rings is 2. The van der Waals surface area contributed by atoms with Gasteiger partial charge in [-0.15, -0.1) is 0 Å². The highest BCUT2D eigenvalue weighted by atomic mass is 32.2. The summed E-state index contributed by atoms with van der Waals surface area (Å²) in [6.45, 7) is 3.39. The number of aromatic nitrogens is 1. The number of para-hydroxylation sites is 1. The molecular formula is C19H17N3O5S. The maximum atomic E-state index is 12.8. The van der Waals surface area contributed by atoms with Gasteiger partial charge in [0.15, 0.2) is 18.2 Å². The number of rotatable bonds is 4. The fourth-order valence-electron chi connectivity index (χ4n) is 2.99. The van der Waals surface area contributed by atoms with Crippen molar-refractivity contribution in [3.05, 3.63) is 54.1 Å². The van der Waals surface area contributed by atoms with Crippen molar-refractivity contribution in [2.75, 3.05) is 16.6 Å². The van der Waals surface area contributed by atoms with Gasteiger partial charge in [0, 0.05) is 12.5 Å². The van der Waals surface area contributed by atoms with Crippen LogP contribution in [-0.2, 0) is 14.8 Å². The highest BCUT2D eigenvalue weighted by Crippen LogP contribution is 2.36. The number of oxazole rings is 1. The molecular weight excluding hydrogens is 382 g/mol. The maximum Gasteiger partial charge on any atom is 0.262 e. The van der Waals surface area contributed by atoms with Gasteiger partial charge in [-0.1, -0.05) is 18.2 Å². The van der Waals surface area contributed by atoms with Gasteiger partial charge in [0.2, 0.25) is 0 Å². The van der Waals surface area contributed by atoms with Crippen molar-refractivity contribution in [1.82, 2.24) is 4.98 Å². The van der Waals surface area contributed by atoms with E-state index in [9.17, 15) is 13.2 Å². The smallest absolute Gasteiger partial charge is 0.262 e. The van der Waals surface area contributed by atoms with Gasteiger partial charge >= 0.3 is 0 Å². The standard InChI is InChI=1S/C19H17N3O5S/c1-11-18(20-12(2)27-11)13-6-8-14(9-7-13)28(24,25)22-16-5-3-4-15-19(16)26-10-17(23)21-15/h3-9,22H,10H2,1-2H3,(H,21,23). The molecule has 2 heterocycles. The number of ether oxygens (including phenoxy) is 1. The van der Waals surface area contributed by atoms with Crippen LogP contribution < -0.4 is 14.8 Å². The van der Waals surface area contributed by atoms with E-state index in [4.69, 9.17) is 9.15 Å². The van der Waals surface area contributed by atoms with Crippen molar-refractivity contribution in [3.63, 3.8) is 0 Å².